The molecule has 3 aliphatic heterocycles. The number of piperidine rings is 1. The molecule has 156 valence electrons. The van der Waals surface area contributed by atoms with Crippen LogP contribution in [0.1, 0.15) is 24.1 Å². The molecule has 8 nitrogen and oxygen atoms in total. The number of aliphatic hydroxyl groups is 1. The van der Waals surface area contributed by atoms with E-state index in [0.717, 1.165) is 77.0 Å². The molecule has 1 aromatic heterocycles. The molecule has 0 bridgehead atoms. The lowest BCUT2D eigenvalue weighted by Gasteiger charge is -2.36. The fourth-order valence-electron chi connectivity index (χ4n) is 4.27. The first kappa shape index (κ1) is 19.8. The van der Waals surface area contributed by atoms with Crippen molar-refractivity contribution in [2.45, 2.75) is 31.9 Å². The molecule has 0 aromatic carbocycles. The van der Waals surface area contributed by atoms with Gasteiger partial charge >= 0.3 is 0 Å². The van der Waals surface area contributed by atoms with Crippen molar-refractivity contribution >= 4 is 11.8 Å². The summed E-state index contributed by atoms with van der Waals surface area (Å²) in [6.07, 6.45) is 2.36. The van der Waals surface area contributed by atoms with Crippen molar-refractivity contribution in [1.29, 1.82) is 0 Å². The number of rotatable bonds is 4. The second-order valence-electron chi connectivity index (χ2n) is 8.39. The van der Waals surface area contributed by atoms with Gasteiger partial charge < -0.3 is 24.4 Å². The van der Waals surface area contributed by atoms with E-state index in [4.69, 9.17) is 19.4 Å². The number of fused-ring (bicyclic) bond motifs is 1. The summed E-state index contributed by atoms with van der Waals surface area (Å²) in [7, 11) is 3.99. The summed E-state index contributed by atoms with van der Waals surface area (Å²) >= 11 is 0. The Labute approximate surface area is 167 Å². The molecule has 0 unspecified atom stereocenters. The third kappa shape index (κ3) is 4.56. The maximum absolute atomic E-state index is 9.90. The number of hydrogen-bond donors (Lipinski definition) is 1. The van der Waals surface area contributed by atoms with Crippen molar-refractivity contribution in [2.24, 2.45) is 5.92 Å². The third-order valence-corrected chi connectivity index (χ3v) is 5.87. The lowest BCUT2D eigenvalue weighted by molar-refractivity contribution is 0.0992. The van der Waals surface area contributed by atoms with E-state index in [9.17, 15) is 5.11 Å². The number of nitrogens with zero attached hydrogens (tertiary/aromatic N) is 5. The van der Waals surface area contributed by atoms with Crippen LogP contribution in [0.15, 0.2) is 0 Å². The minimum Gasteiger partial charge on any atom is -0.393 e. The first-order valence-corrected chi connectivity index (χ1v) is 10.5. The van der Waals surface area contributed by atoms with E-state index in [0.29, 0.717) is 19.1 Å². The van der Waals surface area contributed by atoms with Gasteiger partial charge in [-0.05, 0) is 12.8 Å². The molecule has 4 rings (SSSR count). The zero-order chi connectivity index (χ0) is 19.5. The molecular weight excluding hydrogens is 358 g/mol. The van der Waals surface area contributed by atoms with Gasteiger partial charge in [0.1, 0.15) is 5.82 Å². The van der Waals surface area contributed by atoms with Crippen LogP contribution >= 0.6 is 0 Å². The molecule has 2 fully saturated rings. The van der Waals surface area contributed by atoms with Crippen LogP contribution in [0.3, 0.4) is 0 Å². The Bertz CT molecular complexity index is 655. The summed E-state index contributed by atoms with van der Waals surface area (Å²) in [6.45, 7) is 7.50. The van der Waals surface area contributed by atoms with Crippen LogP contribution in [0.5, 0.6) is 0 Å². The highest BCUT2D eigenvalue weighted by molar-refractivity contribution is 5.54. The van der Waals surface area contributed by atoms with Gasteiger partial charge in [0.15, 0.2) is 0 Å². The molecule has 8 heteroatoms. The van der Waals surface area contributed by atoms with Gasteiger partial charge in [-0.1, -0.05) is 0 Å². The van der Waals surface area contributed by atoms with Gasteiger partial charge in [-0.3, -0.25) is 4.90 Å². The van der Waals surface area contributed by atoms with Crippen molar-refractivity contribution < 1.29 is 14.6 Å². The first-order valence-electron chi connectivity index (χ1n) is 10.5. The quantitative estimate of drug-likeness (QED) is 0.797. The first-order chi connectivity index (χ1) is 13.6. The summed E-state index contributed by atoms with van der Waals surface area (Å²) in [5.74, 6) is 2.25. The van der Waals surface area contributed by atoms with Gasteiger partial charge in [0.25, 0.3) is 0 Å². The normalized spacial score (nSPS) is 22.8. The lowest BCUT2D eigenvalue weighted by atomic mass is 10.0. The van der Waals surface area contributed by atoms with E-state index < -0.39 is 0 Å². The SMILES string of the molecule is CN(C)c1nc2c(c(N3CCC(O)CC3)n1)CN(CC1COCCOC1)CC2. The van der Waals surface area contributed by atoms with Gasteiger partial charge in [-0.25, -0.2) is 4.98 Å². The largest absolute Gasteiger partial charge is 0.393 e. The van der Waals surface area contributed by atoms with Gasteiger partial charge in [-0.2, -0.15) is 4.98 Å². The second kappa shape index (κ2) is 8.90. The smallest absolute Gasteiger partial charge is 0.227 e. The predicted molar refractivity (Wildman–Crippen MR) is 108 cm³/mol. The van der Waals surface area contributed by atoms with E-state index >= 15 is 0 Å². The number of aliphatic hydroxyl groups excluding tert-OH is 1. The van der Waals surface area contributed by atoms with Crippen LogP contribution in [0.25, 0.3) is 0 Å². The van der Waals surface area contributed by atoms with E-state index in [2.05, 4.69) is 9.80 Å². The molecule has 0 amide bonds. The highest BCUT2D eigenvalue weighted by Crippen LogP contribution is 2.30. The maximum Gasteiger partial charge on any atom is 0.227 e. The second-order valence-corrected chi connectivity index (χ2v) is 8.39. The number of ether oxygens (including phenoxy) is 2. The van der Waals surface area contributed by atoms with Crippen molar-refractivity contribution in [3.8, 4) is 0 Å². The number of anilines is 2. The molecule has 1 N–H and O–H groups in total. The predicted octanol–water partition coefficient (Wildman–Crippen LogP) is 0.525. The van der Waals surface area contributed by atoms with Crippen LogP contribution < -0.4 is 9.80 Å². The van der Waals surface area contributed by atoms with Gasteiger partial charge in [0, 0.05) is 64.7 Å². The average molecular weight is 392 g/mol. The van der Waals surface area contributed by atoms with Crippen LogP contribution in [-0.2, 0) is 22.4 Å². The zero-order valence-corrected chi connectivity index (χ0v) is 17.1. The van der Waals surface area contributed by atoms with Crippen molar-refractivity contribution in [3.05, 3.63) is 11.3 Å². The van der Waals surface area contributed by atoms with Crippen molar-refractivity contribution in [3.63, 3.8) is 0 Å². The zero-order valence-electron chi connectivity index (χ0n) is 17.1. The Balaban J connectivity index is 1.54. The maximum atomic E-state index is 9.90. The number of hydrogen-bond acceptors (Lipinski definition) is 8. The van der Waals surface area contributed by atoms with E-state index in [-0.39, 0.29) is 6.10 Å². The molecule has 0 atom stereocenters. The third-order valence-electron chi connectivity index (χ3n) is 5.87. The van der Waals surface area contributed by atoms with Crippen LogP contribution in [0, 0.1) is 5.92 Å². The molecule has 4 heterocycles. The van der Waals surface area contributed by atoms with Crippen LogP contribution in [0.4, 0.5) is 11.8 Å². The molecule has 0 aliphatic carbocycles. The molecule has 2 saturated heterocycles. The average Bonchev–Trinajstić information content (AvgIpc) is 2.96. The molecule has 0 saturated carbocycles. The van der Waals surface area contributed by atoms with Gasteiger partial charge in [0.05, 0.1) is 38.2 Å². The van der Waals surface area contributed by atoms with E-state index in [1.807, 2.05) is 19.0 Å². The Morgan fingerprint density at radius 2 is 1.79 bits per heavy atom. The molecule has 1 aromatic rings. The Hall–Kier alpha value is -1.48. The lowest BCUT2D eigenvalue weighted by Crippen LogP contribution is -2.41. The number of aromatic nitrogens is 2. The Morgan fingerprint density at radius 3 is 2.46 bits per heavy atom. The van der Waals surface area contributed by atoms with E-state index in [1.165, 1.54) is 11.3 Å². The fourth-order valence-corrected chi connectivity index (χ4v) is 4.27. The summed E-state index contributed by atoms with van der Waals surface area (Å²) in [4.78, 5) is 16.6. The summed E-state index contributed by atoms with van der Waals surface area (Å²) < 4.78 is 11.4. The van der Waals surface area contributed by atoms with Gasteiger partial charge in [0.2, 0.25) is 5.95 Å². The summed E-state index contributed by atoms with van der Waals surface area (Å²) in [5.41, 5.74) is 2.42. The summed E-state index contributed by atoms with van der Waals surface area (Å²) in [5, 5.41) is 9.90. The molecule has 28 heavy (non-hydrogen) atoms. The van der Waals surface area contributed by atoms with Crippen molar-refractivity contribution in [1.82, 2.24) is 14.9 Å². The van der Waals surface area contributed by atoms with Crippen LogP contribution in [-0.4, -0.2) is 92.8 Å². The Morgan fingerprint density at radius 1 is 1.07 bits per heavy atom. The molecule has 3 aliphatic rings. The van der Waals surface area contributed by atoms with Gasteiger partial charge in [-0.15, -0.1) is 0 Å². The molecule has 0 radical (unpaired) electrons. The Kier molecular flexibility index (Phi) is 6.30. The van der Waals surface area contributed by atoms with E-state index in [1.54, 1.807) is 0 Å². The monoisotopic (exact) mass is 391 g/mol. The highest BCUT2D eigenvalue weighted by Gasteiger charge is 2.29. The highest BCUT2D eigenvalue weighted by atomic mass is 16.5. The minimum absolute atomic E-state index is 0.186. The molecule has 0 spiro atoms. The van der Waals surface area contributed by atoms with Crippen molar-refractivity contribution in [2.75, 3.05) is 76.5 Å². The summed E-state index contributed by atoms with van der Waals surface area (Å²) in [6, 6.07) is 0. The van der Waals surface area contributed by atoms with Crippen LogP contribution in [0.2, 0.25) is 0 Å². The minimum atomic E-state index is -0.186. The fraction of sp³-hybridized carbons (Fsp3) is 0.800. The molecular formula is C20H33N5O3. The standard InChI is InChI=1S/C20H33N5O3/c1-23(2)20-21-18-5-6-24(11-15-13-27-9-10-28-14-15)12-17(18)19(22-20)25-7-3-16(26)4-8-25/h15-16,26H,3-14H2,1-2H3. The topological polar surface area (TPSA) is 74.2 Å².